The fourth-order valence-corrected chi connectivity index (χ4v) is 3.21. The lowest BCUT2D eigenvalue weighted by Crippen LogP contribution is -2.38. The Morgan fingerprint density at radius 3 is 2.48 bits per heavy atom. The first-order valence-corrected chi connectivity index (χ1v) is 9.41. The van der Waals surface area contributed by atoms with Crippen LogP contribution >= 0.6 is 0 Å². The predicted octanol–water partition coefficient (Wildman–Crippen LogP) is 3.88. The summed E-state index contributed by atoms with van der Waals surface area (Å²) >= 11 is 0. The summed E-state index contributed by atoms with van der Waals surface area (Å²) in [5, 5.41) is 2.82. The van der Waals surface area contributed by atoms with Crippen LogP contribution in [0, 0.1) is 12.8 Å². The molecule has 0 saturated carbocycles. The summed E-state index contributed by atoms with van der Waals surface area (Å²) in [4.78, 5) is 27.1. The highest BCUT2D eigenvalue weighted by molar-refractivity contribution is 6.04. The Morgan fingerprint density at radius 1 is 1.07 bits per heavy atom. The number of carbonyl (C=O) groups excluding carboxylic acids is 2. The normalized spacial score (nSPS) is 14.7. The first-order chi connectivity index (χ1) is 13.0. The third-order valence-electron chi connectivity index (χ3n) is 4.95. The lowest BCUT2D eigenvalue weighted by atomic mass is 9.98. The second-order valence-corrected chi connectivity index (χ2v) is 7.12. The molecular formula is C22H26N2O3. The van der Waals surface area contributed by atoms with Crippen molar-refractivity contribution in [2.75, 3.05) is 25.0 Å². The molecule has 0 spiro atoms. The van der Waals surface area contributed by atoms with Crippen molar-refractivity contribution in [2.45, 2.75) is 26.7 Å². The molecule has 5 nitrogen and oxygen atoms in total. The van der Waals surface area contributed by atoms with E-state index in [1.807, 2.05) is 48.2 Å². The largest absolute Gasteiger partial charge is 0.483 e. The third-order valence-corrected chi connectivity index (χ3v) is 4.95. The number of piperidine rings is 1. The second-order valence-electron chi connectivity index (χ2n) is 7.12. The van der Waals surface area contributed by atoms with Gasteiger partial charge in [0.2, 0.25) is 0 Å². The average molecular weight is 366 g/mol. The van der Waals surface area contributed by atoms with Crippen LogP contribution in [0.5, 0.6) is 5.75 Å². The van der Waals surface area contributed by atoms with Crippen LogP contribution in [0.1, 0.15) is 35.7 Å². The van der Waals surface area contributed by atoms with Gasteiger partial charge in [-0.1, -0.05) is 37.3 Å². The molecule has 1 aliphatic rings. The standard InChI is InChI=1S/C22H26N2O3/c1-16-11-13-24(14-12-16)22(26)18-8-4-5-9-19(18)23-21(25)15-27-20-10-6-3-7-17(20)2/h3-10,16H,11-15H2,1-2H3,(H,23,25). The molecule has 0 atom stereocenters. The van der Waals surface area contributed by atoms with Gasteiger partial charge in [0.15, 0.2) is 6.61 Å². The summed E-state index contributed by atoms with van der Waals surface area (Å²) in [5.74, 6) is 1.02. The minimum absolute atomic E-state index is 0.0300. The highest BCUT2D eigenvalue weighted by atomic mass is 16.5. The number of carbonyl (C=O) groups is 2. The second kappa shape index (κ2) is 8.71. The van der Waals surface area contributed by atoms with Crippen molar-refractivity contribution in [1.29, 1.82) is 0 Å². The van der Waals surface area contributed by atoms with Gasteiger partial charge < -0.3 is 15.0 Å². The van der Waals surface area contributed by atoms with E-state index in [1.54, 1.807) is 12.1 Å². The first kappa shape index (κ1) is 19.0. The van der Waals surface area contributed by atoms with Gasteiger partial charge in [0.1, 0.15) is 5.75 Å². The van der Waals surface area contributed by atoms with E-state index < -0.39 is 0 Å². The van der Waals surface area contributed by atoms with E-state index in [0.717, 1.165) is 31.5 Å². The number of benzene rings is 2. The Morgan fingerprint density at radius 2 is 1.74 bits per heavy atom. The number of rotatable bonds is 5. The van der Waals surface area contributed by atoms with Gasteiger partial charge in [0.05, 0.1) is 11.3 Å². The number of nitrogens with one attached hydrogen (secondary N) is 1. The number of nitrogens with zero attached hydrogens (tertiary/aromatic N) is 1. The minimum atomic E-state index is -0.286. The van der Waals surface area contributed by atoms with Crippen molar-refractivity contribution in [3.8, 4) is 5.75 Å². The summed E-state index contributed by atoms with van der Waals surface area (Å²) in [6.45, 7) is 5.57. The highest BCUT2D eigenvalue weighted by Crippen LogP contribution is 2.22. The van der Waals surface area contributed by atoms with Gasteiger partial charge in [-0.15, -0.1) is 0 Å². The molecule has 27 heavy (non-hydrogen) atoms. The Balaban J connectivity index is 1.64. The zero-order chi connectivity index (χ0) is 19.2. The van der Waals surface area contributed by atoms with Crippen LogP contribution in [0.25, 0.3) is 0 Å². The third kappa shape index (κ3) is 4.88. The first-order valence-electron chi connectivity index (χ1n) is 9.41. The number of hydrogen-bond acceptors (Lipinski definition) is 3. The van der Waals surface area contributed by atoms with E-state index in [0.29, 0.717) is 22.9 Å². The molecule has 142 valence electrons. The molecule has 2 amide bonds. The molecule has 5 heteroatoms. The van der Waals surface area contributed by atoms with Crippen LogP contribution in [0.4, 0.5) is 5.69 Å². The van der Waals surface area contributed by atoms with E-state index in [-0.39, 0.29) is 18.4 Å². The van der Waals surface area contributed by atoms with Crippen LogP contribution in [-0.2, 0) is 4.79 Å². The van der Waals surface area contributed by atoms with Gasteiger partial charge in [-0.05, 0) is 49.4 Å². The Hall–Kier alpha value is -2.82. The summed E-state index contributed by atoms with van der Waals surface area (Å²) < 4.78 is 5.59. The topological polar surface area (TPSA) is 58.6 Å². The van der Waals surface area contributed by atoms with Crippen molar-refractivity contribution >= 4 is 17.5 Å². The maximum atomic E-state index is 12.9. The Bertz CT molecular complexity index is 811. The van der Waals surface area contributed by atoms with Crippen molar-refractivity contribution in [2.24, 2.45) is 5.92 Å². The molecular weight excluding hydrogens is 340 g/mol. The van der Waals surface area contributed by atoms with Crippen LogP contribution in [0.3, 0.4) is 0 Å². The Kier molecular flexibility index (Phi) is 6.12. The van der Waals surface area contributed by atoms with E-state index >= 15 is 0 Å². The molecule has 0 radical (unpaired) electrons. The molecule has 1 fully saturated rings. The quantitative estimate of drug-likeness (QED) is 0.873. The number of hydrogen-bond donors (Lipinski definition) is 1. The summed E-state index contributed by atoms with van der Waals surface area (Å²) in [7, 11) is 0. The zero-order valence-electron chi connectivity index (χ0n) is 15.9. The number of ether oxygens (including phenoxy) is 1. The van der Waals surface area contributed by atoms with Gasteiger partial charge in [0, 0.05) is 13.1 Å². The number of aryl methyl sites for hydroxylation is 1. The van der Waals surface area contributed by atoms with Crippen molar-refractivity contribution in [3.05, 3.63) is 59.7 Å². The number of amides is 2. The van der Waals surface area contributed by atoms with E-state index in [1.165, 1.54) is 0 Å². The van der Waals surface area contributed by atoms with E-state index in [4.69, 9.17) is 4.74 Å². The van der Waals surface area contributed by atoms with Crippen LogP contribution in [-0.4, -0.2) is 36.4 Å². The Labute approximate surface area is 160 Å². The van der Waals surface area contributed by atoms with Crippen LogP contribution < -0.4 is 10.1 Å². The van der Waals surface area contributed by atoms with Crippen LogP contribution in [0.2, 0.25) is 0 Å². The van der Waals surface area contributed by atoms with Gasteiger partial charge in [0.25, 0.3) is 11.8 Å². The molecule has 0 bridgehead atoms. The van der Waals surface area contributed by atoms with Gasteiger partial charge in [-0.25, -0.2) is 0 Å². The van der Waals surface area contributed by atoms with Crippen molar-refractivity contribution in [3.63, 3.8) is 0 Å². The molecule has 3 rings (SSSR count). The SMILES string of the molecule is Cc1ccccc1OCC(=O)Nc1ccccc1C(=O)N1CCC(C)CC1. The number of anilines is 1. The van der Waals surface area contributed by atoms with Crippen molar-refractivity contribution < 1.29 is 14.3 Å². The predicted molar refractivity (Wildman–Crippen MR) is 106 cm³/mol. The molecule has 1 N–H and O–H groups in total. The lowest BCUT2D eigenvalue weighted by Gasteiger charge is -2.30. The molecule has 1 saturated heterocycles. The van der Waals surface area contributed by atoms with Gasteiger partial charge >= 0.3 is 0 Å². The maximum Gasteiger partial charge on any atom is 0.262 e. The number of para-hydroxylation sites is 2. The zero-order valence-corrected chi connectivity index (χ0v) is 15.9. The smallest absolute Gasteiger partial charge is 0.262 e. The molecule has 0 aromatic heterocycles. The molecule has 2 aromatic carbocycles. The summed E-state index contributed by atoms with van der Waals surface area (Å²) in [6.07, 6.45) is 2.04. The molecule has 0 aliphatic carbocycles. The fourth-order valence-electron chi connectivity index (χ4n) is 3.21. The molecule has 0 unspecified atom stereocenters. The van der Waals surface area contributed by atoms with Gasteiger partial charge in [-0.3, -0.25) is 9.59 Å². The minimum Gasteiger partial charge on any atom is -0.483 e. The molecule has 1 aliphatic heterocycles. The molecule has 2 aromatic rings. The number of likely N-dealkylation sites (tertiary alicyclic amines) is 1. The monoisotopic (exact) mass is 366 g/mol. The highest BCUT2D eigenvalue weighted by Gasteiger charge is 2.23. The summed E-state index contributed by atoms with van der Waals surface area (Å²) in [6, 6.07) is 14.7. The van der Waals surface area contributed by atoms with Crippen molar-refractivity contribution in [1.82, 2.24) is 4.90 Å². The van der Waals surface area contributed by atoms with Gasteiger partial charge in [-0.2, -0.15) is 0 Å². The van der Waals surface area contributed by atoms with E-state index in [2.05, 4.69) is 12.2 Å². The average Bonchev–Trinajstić information content (AvgIpc) is 2.68. The van der Waals surface area contributed by atoms with Crippen LogP contribution in [0.15, 0.2) is 48.5 Å². The lowest BCUT2D eigenvalue weighted by molar-refractivity contribution is -0.118. The summed E-state index contributed by atoms with van der Waals surface area (Å²) in [5.41, 5.74) is 2.02. The molecule has 1 heterocycles. The van der Waals surface area contributed by atoms with E-state index in [9.17, 15) is 9.59 Å². The maximum absolute atomic E-state index is 12.9. The fraction of sp³-hybridized carbons (Fsp3) is 0.364.